The van der Waals surface area contributed by atoms with E-state index >= 15 is 0 Å². The number of nitrogens with zero attached hydrogens (tertiary/aromatic N) is 2. The van der Waals surface area contributed by atoms with E-state index in [9.17, 15) is 9.59 Å². The third-order valence-electron chi connectivity index (χ3n) is 4.01. The second kappa shape index (κ2) is 6.72. The molecular formula is C19H19N5O2. The van der Waals surface area contributed by atoms with Crippen LogP contribution in [-0.2, 0) is 4.79 Å². The zero-order chi connectivity index (χ0) is 18.8. The van der Waals surface area contributed by atoms with E-state index in [2.05, 4.69) is 9.97 Å². The molecule has 2 aromatic heterocycles. The summed E-state index contributed by atoms with van der Waals surface area (Å²) in [6, 6.07) is 7.25. The Labute approximate surface area is 150 Å². The van der Waals surface area contributed by atoms with Crippen LogP contribution in [0.3, 0.4) is 0 Å². The maximum absolute atomic E-state index is 12.3. The Balaban J connectivity index is 2.08. The molecule has 3 aromatic rings. The number of nitrogens with two attached hydrogens (primary N) is 2. The molecule has 2 heterocycles. The first-order valence-electron chi connectivity index (χ1n) is 7.93. The van der Waals surface area contributed by atoms with E-state index in [1.54, 1.807) is 44.7 Å². The van der Waals surface area contributed by atoms with Gasteiger partial charge in [-0.3, -0.25) is 9.59 Å². The first kappa shape index (κ1) is 17.2. The summed E-state index contributed by atoms with van der Waals surface area (Å²) in [6.07, 6.45) is 6.41. The molecule has 0 aliphatic heterocycles. The van der Waals surface area contributed by atoms with E-state index in [0.29, 0.717) is 16.9 Å². The van der Waals surface area contributed by atoms with Gasteiger partial charge in [0.25, 0.3) is 5.91 Å². The van der Waals surface area contributed by atoms with Crippen molar-refractivity contribution in [3.8, 4) is 11.1 Å². The number of aromatic nitrogens is 2. The highest BCUT2D eigenvalue weighted by atomic mass is 16.2. The van der Waals surface area contributed by atoms with Gasteiger partial charge < -0.3 is 21.4 Å². The van der Waals surface area contributed by atoms with Crippen LogP contribution in [-0.4, -0.2) is 40.8 Å². The second-order valence-electron chi connectivity index (χ2n) is 6.10. The number of nitrogen functional groups attached to an aromatic ring is 1. The van der Waals surface area contributed by atoms with Gasteiger partial charge in [0.05, 0.1) is 5.56 Å². The van der Waals surface area contributed by atoms with Gasteiger partial charge in [-0.15, -0.1) is 0 Å². The van der Waals surface area contributed by atoms with Crippen LogP contribution < -0.4 is 11.5 Å². The van der Waals surface area contributed by atoms with Crippen LogP contribution >= 0.6 is 0 Å². The normalized spacial score (nSPS) is 11.2. The number of carbonyl (C=O) groups excluding carboxylic acids is 2. The summed E-state index contributed by atoms with van der Waals surface area (Å²) >= 11 is 0. The SMILES string of the molecule is CN(C)C(=O)c1cc(-c2cnc3[nH]cc(/C=C/C(N)=O)c3c2)ccc1N. The molecule has 132 valence electrons. The van der Waals surface area contributed by atoms with E-state index in [0.717, 1.165) is 22.1 Å². The van der Waals surface area contributed by atoms with Gasteiger partial charge in [0.1, 0.15) is 5.65 Å². The van der Waals surface area contributed by atoms with E-state index in [1.165, 1.54) is 11.0 Å². The fourth-order valence-corrected chi connectivity index (χ4v) is 2.65. The minimum absolute atomic E-state index is 0.162. The van der Waals surface area contributed by atoms with Crippen molar-refractivity contribution in [3.05, 3.63) is 53.9 Å². The lowest BCUT2D eigenvalue weighted by atomic mass is 10.0. The molecule has 0 spiro atoms. The Morgan fingerprint density at radius 3 is 2.65 bits per heavy atom. The van der Waals surface area contributed by atoms with Crippen molar-refractivity contribution in [1.29, 1.82) is 0 Å². The number of benzene rings is 1. The summed E-state index contributed by atoms with van der Waals surface area (Å²) in [4.78, 5) is 32.2. The van der Waals surface area contributed by atoms with Crippen LogP contribution in [0.15, 0.2) is 42.7 Å². The fourth-order valence-electron chi connectivity index (χ4n) is 2.65. The Hall–Kier alpha value is -3.61. The number of rotatable bonds is 4. The molecule has 0 fully saturated rings. The molecule has 3 rings (SSSR count). The number of fused-ring (bicyclic) bond motifs is 1. The van der Waals surface area contributed by atoms with Crippen LogP contribution in [0, 0.1) is 0 Å². The van der Waals surface area contributed by atoms with Gasteiger partial charge >= 0.3 is 0 Å². The second-order valence-corrected chi connectivity index (χ2v) is 6.10. The molecule has 7 nitrogen and oxygen atoms in total. The minimum Gasteiger partial charge on any atom is -0.398 e. The van der Waals surface area contributed by atoms with Gasteiger partial charge in [0.15, 0.2) is 0 Å². The molecule has 0 aliphatic carbocycles. The van der Waals surface area contributed by atoms with Crippen LogP contribution in [0.25, 0.3) is 28.2 Å². The van der Waals surface area contributed by atoms with Gasteiger partial charge in [-0.2, -0.15) is 0 Å². The minimum atomic E-state index is -0.520. The lowest BCUT2D eigenvalue weighted by molar-refractivity contribution is -0.113. The third kappa shape index (κ3) is 3.27. The summed E-state index contributed by atoms with van der Waals surface area (Å²) in [7, 11) is 3.36. The number of carbonyl (C=O) groups is 2. The van der Waals surface area contributed by atoms with Crippen LogP contribution in [0.5, 0.6) is 0 Å². The molecule has 1 aromatic carbocycles. The lowest BCUT2D eigenvalue weighted by Crippen LogP contribution is -2.22. The Kier molecular flexibility index (Phi) is 4.45. The average molecular weight is 349 g/mol. The maximum atomic E-state index is 12.3. The Morgan fingerprint density at radius 1 is 1.19 bits per heavy atom. The summed E-state index contributed by atoms with van der Waals surface area (Å²) in [5.41, 5.74) is 15.1. The molecule has 0 bridgehead atoms. The molecule has 0 radical (unpaired) electrons. The van der Waals surface area contributed by atoms with Gasteiger partial charge in [-0.1, -0.05) is 6.07 Å². The average Bonchev–Trinajstić information content (AvgIpc) is 3.02. The van der Waals surface area contributed by atoms with Gasteiger partial charge in [0, 0.05) is 54.8 Å². The zero-order valence-electron chi connectivity index (χ0n) is 14.5. The number of aromatic amines is 1. The van der Waals surface area contributed by atoms with E-state index < -0.39 is 5.91 Å². The highest BCUT2D eigenvalue weighted by Crippen LogP contribution is 2.28. The Morgan fingerprint density at radius 2 is 1.96 bits per heavy atom. The molecule has 0 atom stereocenters. The summed E-state index contributed by atoms with van der Waals surface area (Å²) in [5, 5.41) is 0.845. The number of anilines is 1. The number of hydrogen-bond donors (Lipinski definition) is 3. The van der Waals surface area contributed by atoms with Crippen LogP contribution in [0.4, 0.5) is 5.69 Å². The van der Waals surface area contributed by atoms with Gasteiger partial charge in [0.2, 0.25) is 5.91 Å². The van der Waals surface area contributed by atoms with Gasteiger partial charge in [-0.25, -0.2) is 4.98 Å². The smallest absolute Gasteiger partial charge is 0.255 e. The highest BCUT2D eigenvalue weighted by Gasteiger charge is 2.14. The van der Waals surface area contributed by atoms with Crippen molar-refractivity contribution >= 4 is 34.6 Å². The number of nitrogens with one attached hydrogen (secondary N) is 1. The molecule has 2 amide bonds. The number of primary amides is 1. The van der Waals surface area contributed by atoms with Crippen molar-refractivity contribution in [2.24, 2.45) is 5.73 Å². The van der Waals surface area contributed by atoms with Crippen molar-refractivity contribution in [3.63, 3.8) is 0 Å². The fraction of sp³-hybridized carbons (Fsp3) is 0.105. The predicted octanol–water partition coefficient (Wildman–Crippen LogP) is 2.01. The van der Waals surface area contributed by atoms with Gasteiger partial charge in [-0.05, 0) is 29.8 Å². The molecule has 26 heavy (non-hydrogen) atoms. The van der Waals surface area contributed by atoms with E-state index in [-0.39, 0.29) is 5.91 Å². The number of amides is 2. The molecule has 0 unspecified atom stereocenters. The molecule has 0 saturated heterocycles. The van der Waals surface area contributed by atoms with Crippen molar-refractivity contribution in [1.82, 2.24) is 14.9 Å². The van der Waals surface area contributed by atoms with E-state index in [4.69, 9.17) is 11.5 Å². The summed E-state index contributed by atoms with van der Waals surface area (Å²) < 4.78 is 0. The third-order valence-corrected chi connectivity index (χ3v) is 4.01. The van der Waals surface area contributed by atoms with Crippen molar-refractivity contribution in [2.75, 3.05) is 19.8 Å². The summed E-state index contributed by atoms with van der Waals surface area (Å²) in [5.74, 6) is -0.682. The van der Waals surface area contributed by atoms with Crippen molar-refractivity contribution < 1.29 is 9.59 Å². The summed E-state index contributed by atoms with van der Waals surface area (Å²) in [6.45, 7) is 0. The monoisotopic (exact) mass is 349 g/mol. The first-order valence-corrected chi connectivity index (χ1v) is 7.93. The lowest BCUT2D eigenvalue weighted by Gasteiger charge is -2.13. The predicted molar refractivity (Wildman–Crippen MR) is 102 cm³/mol. The quantitative estimate of drug-likeness (QED) is 0.493. The zero-order valence-corrected chi connectivity index (χ0v) is 14.5. The molecular weight excluding hydrogens is 330 g/mol. The van der Waals surface area contributed by atoms with Crippen LogP contribution in [0.1, 0.15) is 15.9 Å². The molecule has 5 N–H and O–H groups in total. The van der Waals surface area contributed by atoms with E-state index in [1.807, 2.05) is 12.1 Å². The molecule has 0 aliphatic rings. The highest BCUT2D eigenvalue weighted by molar-refractivity contribution is 6.00. The maximum Gasteiger partial charge on any atom is 0.255 e. The first-order chi connectivity index (χ1) is 12.4. The molecule has 7 heteroatoms. The molecule has 0 saturated carbocycles. The largest absolute Gasteiger partial charge is 0.398 e. The number of H-pyrrole nitrogens is 1. The number of pyridine rings is 1. The number of hydrogen-bond acceptors (Lipinski definition) is 4. The van der Waals surface area contributed by atoms with Crippen molar-refractivity contribution in [2.45, 2.75) is 0 Å². The Bertz CT molecular complexity index is 1030. The standard InChI is InChI=1S/C19H19N5O2/c1-24(2)19(26)15-7-11(3-5-16(15)20)13-8-14-12(4-6-17(21)25)9-22-18(14)23-10-13/h3-10H,20H2,1-2H3,(H2,21,25)(H,22,23)/b6-4+. The topological polar surface area (TPSA) is 118 Å². The van der Waals surface area contributed by atoms with Crippen LogP contribution in [0.2, 0.25) is 0 Å².